The molecule has 1 saturated heterocycles. The highest BCUT2D eigenvalue weighted by Gasteiger charge is 2.24. The Balaban J connectivity index is 1.27. The zero-order valence-electron chi connectivity index (χ0n) is 21.3. The second kappa shape index (κ2) is 10.8. The fraction of sp³-hybridized carbons (Fsp3) is 0.500. The van der Waals surface area contributed by atoms with Crippen molar-refractivity contribution in [2.24, 2.45) is 0 Å². The summed E-state index contributed by atoms with van der Waals surface area (Å²) in [6, 6.07) is 13.7. The predicted molar refractivity (Wildman–Crippen MR) is 137 cm³/mol. The number of hydrogen-bond donors (Lipinski definition) is 1. The summed E-state index contributed by atoms with van der Waals surface area (Å²) in [6.45, 7) is 11.2. The standard InChI is InChI=1S/C28H37N3O4/c1-28(2,3)35-27(33)20-5-8-23(9-6-20)31-16-14-30(15-17-31)13-11-25-24-10-7-22(26(32)29-4)19-21(24)12-18-34-25/h5-10,19,25H,11-18H2,1-4H3,(H,29,32)/t25-/m0/s1. The van der Waals surface area contributed by atoms with E-state index in [-0.39, 0.29) is 18.0 Å². The van der Waals surface area contributed by atoms with E-state index in [1.807, 2.05) is 57.2 Å². The van der Waals surface area contributed by atoms with Crippen molar-refractivity contribution < 1.29 is 19.1 Å². The van der Waals surface area contributed by atoms with Gasteiger partial charge in [0.2, 0.25) is 0 Å². The summed E-state index contributed by atoms with van der Waals surface area (Å²) in [4.78, 5) is 29.1. The summed E-state index contributed by atoms with van der Waals surface area (Å²) in [5, 5.41) is 2.70. The topological polar surface area (TPSA) is 71.1 Å². The molecule has 2 aliphatic heterocycles. The molecule has 2 heterocycles. The molecular weight excluding hydrogens is 442 g/mol. The molecule has 1 N–H and O–H groups in total. The van der Waals surface area contributed by atoms with Gasteiger partial charge in [-0.3, -0.25) is 9.69 Å². The van der Waals surface area contributed by atoms with Crippen LogP contribution in [0.4, 0.5) is 5.69 Å². The van der Waals surface area contributed by atoms with Gasteiger partial charge in [0.25, 0.3) is 5.91 Å². The molecule has 2 aromatic rings. The number of nitrogens with one attached hydrogen (secondary N) is 1. The fourth-order valence-electron chi connectivity index (χ4n) is 4.74. The smallest absolute Gasteiger partial charge is 0.338 e. The summed E-state index contributed by atoms with van der Waals surface area (Å²) in [5.74, 6) is -0.335. The van der Waals surface area contributed by atoms with E-state index >= 15 is 0 Å². The minimum absolute atomic E-state index is 0.0480. The van der Waals surface area contributed by atoms with E-state index in [9.17, 15) is 9.59 Å². The molecule has 1 atom stereocenters. The number of carbonyl (C=O) groups excluding carboxylic acids is 2. The van der Waals surface area contributed by atoms with Gasteiger partial charge in [-0.05, 0) is 81.1 Å². The average molecular weight is 480 g/mol. The van der Waals surface area contributed by atoms with Crippen molar-refractivity contribution in [3.05, 3.63) is 64.7 Å². The highest BCUT2D eigenvalue weighted by atomic mass is 16.6. The maximum atomic E-state index is 12.3. The lowest BCUT2D eigenvalue weighted by Crippen LogP contribution is -2.47. The number of hydrogen-bond acceptors (Lipinski definition) is 6. The number of piperazine rings is 1. The first-order valence-corrected chi connectivity index (χ1v) is 12.5. The van der Waals surface area contributed by atoms with Crippen LogP contribution in [0.5, 0.6) is 0 Å². The summed E-state index contributed by atoms with van der Waals surface area (Å²) in [7, 11) is 1.66. The minimum atomic E-state index is -0.495. The van der Waals surface area contributed by atoms with Gasteiger partial charge in [-0.15, -0.1) is 0 Å². The number of fused-ring (bicyclic) bond motifs is 1. The molecule has 0 saturated carbocycles. The first-order valence-electron chi connectivity index (χ1n) is 12.5. The molecule has 0 bridgehead atoms. The Kier molecular flexibility index (Phi) is 7.77. The lowest BCUT2D eigenvalue weighted by atomic mass is 9.93. The number of nitrogens with zero attached hydrogens (tertiary/aromatic N) is 2. The summed E-state index contributed by atoms with van der Waals surface area (Å²) in [6.07, 6.45) is 1.87. The van der Waals surface area contributed by atoms with Gasteiger partial charge in [0.05, 0.1) is 18.3 Å². The summed E-state index contributed by atoms with van der Waals surface area (Å²) in [5.41, 5.74) is 4.37. The molecule has 7 heteroatoms. The van der Waals surface area contributed by atoms with E-state index in [0.717, 1.165) is 51.3 Å². The molecule has 35 heavy (non-hydrogen) atoms. The van der Waals surface area contributed by atoms with E-state index in [4.69, 9.17) is 9.47 Å². The van der Waals surface area contributed by atoms with Crippen molar-refractivity contribution in [2.75, 3.05) is 51.3 Å². The molecule has 1 amide bonds. The minimum Gasteiger partial charge on any atom is -0.456 e. The Hall–Kier alpha value is -2.90. The third-order valence-corrected chi connectivity index (χ3v) is 6.62. The molecule has 2 aromatic carbocycles. The maximum Gasteiger partial charge on any atom is 0.338 e. The quantitative estimate of drug-likeness (QED) is 0.635. The fourth-order valence-corrected chi connectivity index (χ4v) is 4.74. The third kappa shape index (κ3) is 6.41. The summed E-state index contributed by atoms with van der Waals surface area (Å²) < 4.78 is 11.6. The number of anilines is 1. The van der Waals surface area contributed by atoms with Crippen molar-refractivity contribution in [1.82, 2.24) is 10.2 Å². The SMILES string of the molecule is CNC(=O)c1ccc2c(c1)CCO[C@H]2CCN1CCN(c2ccc(C(=O)OC(C)(C)C)cc2)CC1. The highest BCUT2D eigenvalue weighted by Crippen LogP contribution is 2.31. The second-order valence-electron chi connectivity index (χ2n) is 10.3. The van der Waals surface area contributed by atoms with Crippen molar-refractivity contribution >= 4 is 17.6 Å². The molecule has 0 radical (unpaired) electrons. The van der Waals surface area contributed by atoms with Crippen LogP contribution in [-0.4, -0.2) is 68.8 Å². The molecule has 7 nitrogen and oxygen atoms in total. The number of rotatable bonds is 6. The van der Waals surface area contributed by atoms with E-state index in [2.05, 4.69) is 21.2 Å². The van der Waals surface area contributed by atoms with Crippen molar-refractivity contribution in [3.63, 3.8) is 0 Å². The number of carbonyl (C=O) groups is 2. The van der Waals surface area contributed by atoms with Gasteiger partial charge in [0.1, 0.15) is 5.60 Å². The van der Waals surface area contributed by atoms with Crippen LogP contribution >= 0.6 is 0 Å². The Morgan fingerprint density at radius 2 is 1.71 bits per heavy atom. The highest BCUT2D eigenvalue weighted by molar-refractivity contribution is 5.94. The Morgan fingerprint density at radius 3 is 2.37 bits per heavy atom. The molecule has 2 aliphatic rings. The molecule has 0 aliphatic carbocycles. The van der Waals surface area contributed by atoms with Crippen LogP contribution < -0.4 is 10.2 Å². The van der Waals surface area contributed by atoms with Crippen LogP contribution in [0.15, 0.2) is 42.5 Å². The Labute approximate surface area is 208 Å². The van der Waals surface area contributed by atoms with Gasteiger partial charge in [-0.25, -0.2) is 4.79 Å². The molecule has 188 valence electrons. The molecule has 4 rings (SSSR count). The normalized spacial score (nSPS) is 18.6. The Morgan fingerprint density at radius 1 is 1.03 bits per heavy atom. The van der Waals surface area contributed by atoms with E-state index in [0.29, 0.717) is 17.7 Å². The van der Waals surface area contributed by atoms with Gasteiger partial charge >= 0.3 is 5.97 Å². The van der Waals surface area contributed by atoms with Crippen LogP contribution in [0, 0.1) is 0 Å². The van der Waals surface area contributed by atoms with Crippen LogP contribution in [0.3, 0.4) is 0 Å². The zero-order chi connectivity index (χ0) is 25.0. The predicted octanol–water partition coefficient (Wildman–Crippen LogP) is 3.83. The number of amides is 1. The molecular formula is C28H37N3O4. The van der Waals surface area contributed by atoms with Gasteiger partial charge in [0.15, 0.2) is 0 Å². The lowest BCUT2D eigenvalue weighted by Gasteiger charge is -2.37. The number of ether oxygens (including phenoxy) is 2. The second-order valence-corrected chi connectivity index (χ2v) is 10.3. The molecule has 0 aromatic heterocycles. The first kappa shape index (κ1) is 25.2. The number of esters is 1. The van der Waals surface area contributed by atoms with Gasteiger partial charge in [0, 0.05) is 51.0 Å². The molecule has 0 spiro atoms. The third-order valence-electron chi connectivity index (χ3n) is 6.62. The monoisotopic (exact) mass is 479 g/mol. The Bertz CT molecular complexity index is 1040. The maximum absolute atomic E-state index is 12.3. The van der Waals surface area contributed by atoms with E-state index < -0.39 is 5.60 Å². The average Bonchev–Trinajstić information content (AvgIpc) is 2.86. The zero-order valence-corrected chi connectivity index (χ0v) is 21.3. The van der Waals surface area contributed by atoms with Crippen molar-refractivity contribution in [2.45, 2.75) is 45.3 Å². The number of benzene rings is 2. The van der Waals surface area contributed by atoms with Crippen molar-refractivity contribution in [3.8, 4) is 0 Å². The van der Waals surface area contributed by atoms with E-state index in [1.165, 1.54) is 11.1 Å². The van der Waals surface area contributed by atoms with Gasteiger partial charge < -0.3 is 19.7 Å². The lowest BCUT2D eigenvalue weighted by molar-refractivity contribution is 0.00693. The first-order chi connectivity index (χ1) is 16.7. The molecule has 0 unspecified atom stereocenters. The summed E-state index contributed by atoms with van der Waals surface area (Å²) >= 11 is 0. The van der Waals surface area contributed by atoms with Gasteiger partial charge in [-0.1, -0.05) is 6.07 Å². The molecule has 1 fully saturated rings. The van der Waals surface area contributed by atoms with E-state index in [1.54, 1.807) is 7.05 Å². The van der Waals surface area contributed by atoms with Crippen molar-refractivity contribution in [1.29, 1.82) is 0 Å². The van der Waals surface area contributed by atoms with Crippen LogP contribution in [-0.2, 0) is 15.9 Å². The largest absolute Gasteiger partial charge is 0.456 e. The van der Waals surface area contributed by atoms with Crippen LogP contribution in [0.1, 0.15) is 65.1 Å². The van der Waals surface area contributed by atoms with Crippen LogP contribution in [0.2, 0.25) is 0 Å². The van der Waals surface area contributed by atoms with Gasteiger partial charge in [-0.2, -0.15) is 0 Å². The van der Waals surface area contributed by atoms with Crippen LogP contribution in [0.25, 0.3) is 0 Å².